The van der Waals surface area contributed by atoms with Gasteiger partial charge in [-0.1, -0.05) is 49.7 Å². The Morgan fingerprint density at radius 3 is 2.55 bits per heavy atom. The van der Waals surface area contributed by atoms with Crippen LogP contribution in [0.4, 0.5) is 0 Å². The van der Waals surface area contributed by atoms with Crippen molar-refractivity contribution in [3.63, 3.8) is 0 Å². The molecule has 0 saturated carbocycles. The van der Waals surface area contributed by atoms with E-state index < -0.39 is 10.0 Å². The minimum Gasteiger partial charge on any atom is -0.377 e. The van der Waals surface area contributed by atoms with Gasteiger partial charge < -0.3 is 10.1 Å². The van der Waals surface area contributed by atoms with Crippen molar-refractivity contribution < 1.29 is 17.9 Å². The largest absolute Gasteiger partial charge is 0.377 e. The van der Waals surface area contributed by atoms with Crippen molar-refractivity contribution in [1.29, 1.82) is 0 Å². The first-order chi connectivity index (χ1) is 15.8. The first kappa shape index (κ1) is 25.6. The summed E-state index contributed by atoms with van der Waals surface area (Å²) in [6.45, 7) is 8.10. The van der Waals surface area contributed by atoms with Crippen LogP contribution < -0.4 is 10.0 Å². The molecule has 1 unspecified atom stereocenters. The molecule has 1 atom stereocenters. The molecule has 0 spiro atoms. The number of halogens is 1. The van der Waals surface area contributed by atoms with Gasteiger partial charge in [-0.25, -0.2) is 13.1 Å². The molecule has 180 valence electrons. The molecule has 1 fully saturated rings. The summed E-state index contributed by atoms with van der Waals surface area (Å²) in [7, 11) is -3.88. The van der Waals surface area contributed by atoms with Crippen LogP contribution in [-0.2, 0) is 27.8 Å². The maximum absolute atomic E-state index is 12.8. The topological polar surface area (TPSA) is 87.7 Å². The number of ether oxygens (including phenoxy) is 1. The van der Waals surface area contributed by atoms with Crippen LogP contribution in [0.3, 0.4) is 0 Å². The van der Waals surface area contributed by atoms with Gasteiger partial charge in [-0.15, -0.1) is 0 Å². The van der Waals surface area contributed by atoms with Crippen LogP contribution in [0.2, 0.25) is 5.02 Å². The van der Waals surface area contributed by atoms with Crippen LogP contribution in [-0.4, -0.2) is 51.6 Å². The number of sulfonamides is 1. The number of hydrogen-bond donors (Lipinski definition) is 2. The fourth-order valence-corrected chi connectivity index (χ4v) is 5.38. The van der Waals surface area contributed by atoms with E-state index in [0.717, 1.165) is 43.6 Å². The van der Waals surface area contributed by atoms with Crippen LogP contribution >= 0.6 is 11.6 Å². The molecule has 2 N–H and O–H groups in total. The maximum atomic E-state index is 12.8. The van der Waals surface area contributed by atoms with Crippen molar-refractivity contribution in [2.24, 2.45) is 0 Å². The molecule has 0 bridgehead atoms. The zero-order valence-electron chi connectivity index (χ0n) is 19.1. The number of rotatable bonds is 11. The monoisotopic (exact) mass is 493 g/mol. The second-order valence-corrected chi connectivity index (χ2v) is 10.2. The second-order valence-electron chi connectivity index (χ2n) is 8.04. The summed E-state index contributed by atoms with van der Waals surface area (Å²) in [5.74, 6) is -0.361. The fraction of sp³-hybridized carbons (Fsp3) is 0.458. The van der Waals surface area contributed by atoms with Crippen molar-refractivity contribution in [3.05, 3.63) is 64.2 Å². The number of hydrogen-bond acceptors (Lipinski definition) is 5. The molecule has 1 amide bonds. The highest BCUT2D eigenvalue weighted by atomic mass is 35.5. The van der Waals surface area contributed by atoms with Crippen molar-refractivity contribution in [2.45, 2.75) is 50.8 Å². The van der Waals surface area contributed by atoms with Gasteiger partial charge in [-0.2, -0.15) is 0 Å². The molecule has 33 heavy (non-hydrogen) atoms. The van der Waals surface area contributed by atoms with Gasteiger partial charge in [0.25, 0.3) is 5.91 Å². The lowest BCUT2D eigenvalue weighted by Gasteiger charge is -2.20. The summed E-state index contributed by atoms with van der Waals surface area (Å²) in [6.07, 6.45) is 1.59. The molecule has 0 aliphatic carbocycles. The highest BCUT2D eigenvalue weighted by Gasteiger charge is 2.23. The van der Waals surface area contributed by atoms with Crippen LogP contribution in [0.15, 0.2) is 47.4 Å². The molecule has 1 saturated heterocycles. The number of benzene rings is 2. The Labute approximate surface area is 201 Å². The Morgan fingerprint density at radius 2 is 1.88 bits per heavy atom. The lowest BCUT2D eigenvalue weighted by Crippen LogP contribution is -2.32. The third kappa shape index (κ3) is 7.01. The van der Waals surface area contributed by atoms with Crippen molar-refractivity contribution >= 4 is 27.5 Å². The van der Waals surface area contributed by atoms with Crippen LogP contribution in [0, 0.1) is 0 Å². The molecule has 0 aromatic heterocycles. The molecule has 7 nitrogen and oxygen atoms in total. The standard InChI is InChI=1S/C24H32ClN3O4S/c1-3-28(4-2)17-20-9-6-5-8-19(20)15-26-24(29)18-11-12-22(25)23(14-18)33(30,31)27-16-21-10-7-13-32-21/h5-6,8-9,11-12,14,21,27H,3-4,7,10,13,15-17H2,1-2H3,(H,26,29). The highest BCUT2D eigenvalue weighted by molar-refractivity contribution is 7.89. The SMILES string of the molecule is CCN(CC)Cc1ccccc1CNC(=O)c1ccc(Cl)c(S(=O)(=O)NCC2CCCO2)c1. The summed E-state index contributed by atoms with van der Waals surface area (Å²) in [4.78, 5) is 15.0. The number of nitrogens with one attached hydrogen (secondary N) is 2. The Kier molecular flexibility index (Phi) is 9.28. The predicted octanol–water partition coefficient (Wildman–Crippen LogP) is 3.57. The first-order valence-corrected chi connectivity index (χ1v) is 13.2. The Morgan fingerprint density at radius 1 is 1.15 bits per heavy atom. The third-order valence-corrected chi connectivity index (χ3v) is 7.76. The molecule has 9 heteroatoms. The lowest BCUT2D eigenvalue weighted by molar-refractivity contribution is 0.0950. The Hall–Kier alpha value is -1.97. The average Bonchev–Trinajstić information content (AvgIpc) is 3.34. The number of nitrogens with zero attached hydrogens (tertiary/aromatic N) is 1. The zero-order valence-corrected chi connectivity index (χ0v) is 20.7. The zero-order chi connectivity index (χ0) is 23.8. The summed E-state index contributed by atoms with van der Waals surface area (Å²) < 4.78 is 33.6. The predicted molar refractivity (Wildman–Crippen MR) is 130 cm³/mol. The summed E-state index contributed by atoms with van der Waals surface area (Å²) >= 11 is 6.16. The molecule has 1 aliphatic heterocycles. The average molecular weight is 494 g/mol. The summed E-state index contributed by atoms with van der Waals surface area (Å²) in [5, 5.41) is 2.97. The van der Waals surface area contributed by atoms with Crippen molar-refractivity contribution in [1.82, 2.24) is 14.9 Å². The Bertz CT molecular complexity index is 1050. The van der Waals surface area contributed by atoms with E-state index in [4.69, 9.17) is 16.3 Å². The minimum atomic E-state index is -3.88. The van der Waals surface area contributed by atoms with Crippen LogP contribution in [0.5, 0.6) is 0 Å². The van der Waals surface area contributed by atoms with Crippen molar-refractivity contribution in [3.8, 4) is 0 Å². The summed E-state index contributed by atoms with van der Waals surface area (Å²) in [6, 6.07) is 12.3. The van der Waals surface area contributed by atoms with Gasteiger partial charge >= 0.3 is 0 Å². The molecule has 2 aromatic rings. The molecule has 1 heterocycles. The van der Waals surface area contributed by atoms with Gasteiger partial charge in [-0.05, 0) is 55.3 Å². The quantitative estimate of drug-likeness (QED) is 0.499. The van der Waals surface area contributed by atoms with E-state index in [1.807, 2.05) is 18.2 Å². The summed E-state index contributed by atoms with van der Waals surface area (Å²) in [5.41, 5.74) is 2.41. The van der Waals surface area contributed by atoms with Gasteiger partial charge in [-0.3, -0.25) is 9.69 Å². The fourth-order valence-electron chi connectivity index (χ4n) is 3.79. The van der Waals surface area contributed by atoms with E-state index >= 15 is 0 Å². The number of carbonyl (C=O) groups excluding carboxylic acids is 1. The van der Waals surface area contributed by atoms with E-state index in [1.54, 1.807) is 0 Å². The van der Waals surface area contributed by atoms with Crippen molar-refractivity contribution in [2.75, 3.05) is 26.2 Å². The highest BCUT2D eigenvalue weighted by Crippen LogP contribution is 2.23. The van der Waals surface area contributed by atoms with E-state index in [2.05, 4.69) is 34.9 Å². The normalized spacial score (nSPS) is 16.3. The van der Waals surface area contributed by atoms with Crippen LogP contribution in [0.25, 0.3) is 0 Å². The van der Waals surface area contributed by atoms with Crippen LogP contribution in [0.1, 0.15) is 48.2 Å². The van der Waals surface area contributed by atoms with E-state index in [1.165, 1.54) is 18.2 Å². The molecule has 3 rings (SSSR count). The maximum Gasteiger partial charge on any atom is 0.251 e. The van der Waals surface area contributed by atoms with E-state index in [-0.39, 0.29) is 34.0 Å². The van der Waals surface area contributed by atoms with Gasteiger partial charge in [0.15, 0.2) is 0 Å². The van der Waals surface area contributed by atoms with Gasteiger partial charge in [0.1, 0.15) is 4.90 Å². The Balaban J connectivity index is 1.69. The van der Waals surface area contributed by atoms with E-state index in [9.17, 15) is 13.2 Å². The molecular weight excluding hydrogens is 462 g/mol. The van der Waals surface area contributed by atoms with Gasteiger partial charge in [0, 0.05) is 31.8 Å². The smallest absolute Gasteiger partial charge is 0.251 e. The third-order valence-electron chi connectivity index (χ3n) is 5.85. The number of carbonyl (C=O) groups is 1. The molecular formula is C24H32ClN3O4S. The van der Waals surface area contributed by atoms with E-state index in [0.29, 0.717) is 13.2 Å². The van der Waals surface area contributed by atoms with Gasteiger partial charge in [0.05, 0.1) is 11.1 Å². The molecule has 0 radical (unpaired) electrons. The minimum absolute atomic E-state index is 0.0657. The lowest BCUT2D eigenvalue weighted by atomic mass is 10.1. The number of amides is 1. The first-order valence-electron chi connectivity index (χ1n) is 11.3. The molecule has 2 aromatic carbocycles. The molecule has 1 aliphatic rings. The second kappa shape index (κ2) is 11.9. The van der Waals surface area contributed by atoms with Gasteiger partial charge in [0.2, 0.25) is 10.0 Å².